The number of rotatable bonds is 7. The van der Waals surface area contributed by atoms with E-state index in [1.807, 2.05) is 6.20 Å². The van der Waals surface area contributed by atoms with Crippen LogP contribution in [0.15, 0.2) is 12.4 Å². The molecule has 102 valence electrons. The average molecular weight is 249 g/mol. The van der Waals surface area contributed by atoms with Crippen LogP contribution in [0, 0.1) is 0 Å². The monoisotopic (exact) mass is 249 g/mol. The number of fused-ring (bicyclic) bond motifs is 1. The first kappa shape index (κ1) is 13.6. The van der Waals surface area contributed by atoms with Gasteiger partial charge in [0.05, 0.1) is 6.54 Å². The molecule has 0 aliphatic carbocycles. The second kappa shape index (κ2) is 6.93. The first-order valence-corrected chi connectivity index (χ1v) is 7.55. The van der Waals surface area contributed by atoms with Gasteiger partial charge in [-0.1, -0.05) is 39.0 Å². The van der Waals surface area contributed by atoms with Crippen LogP contribution in [-0.4, -0.2) is 27.0 Å². The zero-order valence-corrected chi connectivity index (χ0v) is 11.9. The highest BCUT2D eigenvalue weighted by Crippen LogP contribution is 2.17. The Hall–Kier alpha value is -0.830. The van der Waals surface area contributed by atoms with Gasteiger partial charge in [0, 0.05) is 31.5 Å². The van der Waals surface area contributed by atoms with Crippen molar-refractivity contribution < 1.29 is 0 Å². The van der Waals surface area contributed by atoms with Crippen molar-refractivity contribution in [1.29, 1.82) is 0 Å². The van der Waals surface area contributed by atoms with E-state index in [2.05, 4.69) is 34.5 Å². The lowest BCUT2D eigenvalue weighted by molar-refractivity contribution is 0.153. The summed E-state index contributed by atoms with van der Waals surface area (Å²) in [5.41, 5.74) is 0. The fourth-order valence-electron chi connectivity index (χ4n) is 2.79. The average Bonchev–Trinajstić information content (AvgIpc) is 2.85. The summed E-state index contributed by atoms with van der Waals surface area (Å²) >= 11 is 0. The highest BCUT2D eigenvalue weighted by molar-refractivity contribution is 4.96. The highest BCUT2D eigenvalue weighted by atomic mass is 15.2. The SMILES string of the molecule is CCCCCCCC(C)N1CCn2ccnc2C1. The largest absolute Gasteiger partial charge is 0.333 e. The third kappa shape index (κ3) is 3.58. The van der Waals surface area contributed by atoms with E-state index >= 15 is 0 Å². The van der Waals surface area contributed by atoms with E-state index in [1.165, 1.54) is 50.9 Å². The van der Waals surface area contributed by atoms with Crippen LogP contribution in [0.25, 0.3) is 0 Å². The van der Waals surface area contributed by atoms with Crippen LogP contribution in [0.4, 0.5) is 0 Å². The Balaban J connectivity index is 1.69. The topological polar surface area (TPSA) is 21.1 Å². The van der Waals surface area contributed by atoms with Gasteiger partial charge >= 0.3 is 0 Å². The van der Waals surface area contributed by atoms with Crippen molar-refractivity contribution in [3.05, 3.63) is 18.2 Å². The maximum atomic E-state index is 4.43. The molecule has 1 unspecified atom stereocenters. The molecule has 1 aliphatic heterocycles. The van der Waals surface area contributed by atoms with E-state index in [9.17, 15) is 0 Å². The van der Waals surface area contributed by atoms with Crippen molar-refractivity contribution in [3.8, 4) is 0 Å². The smallest absolute Gasteiger partial charge is 0.122 e. The van der Waals surface area contributed by atoms with Gasteiger partial charge in [0.25, 0.3) is 0 Å². The van der Waals surface area contributed by atoms with Crippen LogP contribution >= 0.6 is 0 Å². The Labute approximate surface area is 111 Å². The predicted octanol–water partition coefficient (Wildman–Crippen LogP) is 3.45. The lowest BCUT2D eigenvalue weighted by atomic mass is 10.1. The normalized spacial score (nSPS) is 17.7. The van der Waals surface area contributed by atoms with Gasteiger partial charge in [0.1, 0.15) is 5.82 Å². The molecule has 0 fully saturated rings. The summed E-state index contributed by atoms with van der Waals surface area (Å²) in [5, 5.41) is 0. The van der Waals surface area contributed by atoms with Gasteiger partial charge < -0.3 is 4.57 Å². The van der Waals surface area contributed by atoms with Gasteiger partial charge in [-0.15, -0.1) is 0 Å². The van der Waals surface area contributed by atoms with E-state index in [4.69, 9.17) is 0 Å². The van der Waals surface area contributed by atoms with Crippen LogP contribution in [0.2, 0.25) is 0 Å². The van der Waals surface area contributed by atoms with Crippen LogP contribution in [0.5, 0.6) is 0 Å². The van der Waals surface area contributed by atoms with E-state index in [0.29, 0.717) is 6.04 Å². The summed E-state index contributed by atoms with van der Waals surface area (Å²) in [6.45, 7) is 7.97. The van der Waals surface area contributed by atoms with Crippen molar-refractivity contribution in [3.63, 3.8) is 0 Å². The number of nitrogens with zero attached hydrogens (tertiary/aromatic N) is 3. The summed E-state index contributed by atoms with van der Waals surface area (Å²) in [6, 6.07) is 0.706. The highest BCUT2D eigenvalue weighted by Gasteiger charge is 2.20. The minimum Gasteiger partial charge on any atom is -0.333 e. The van der Waals surface area contributed by atoms with Gasteiger partial charge in [-0.2, -0.15) is 0 Å². The maximum Gasteiger partial charge on any atom is 0.122 e. The third-order valence-corrected chi connectivity index (χ3v) is 4.12. The van der Waals surface area contributed by atoms with Gasteiger partial charge in [0.2, 0.25) is 0 Å². The number of hydrogen-bond acceptors (Lipinski definition) is 2. The first-order chi connectivity index (χ1) is 8.81. The number of unbranched alkanes of at least 4 members (excludes halogenated alkanes) is 4. The molecule has 1 aliphatic rings. The molecule has 0 saturated carbocycles. The summed E-state index contributed by atoms with van der Waals surface area (Å²) < 4.78 is 2.28. The molecule has 0 N–H and O–H groups in total. The van der Waals surface area contributed by atoms with Crippen molar-refractivity contribution in [2.45, 2.75) is 71.5 Å². The Morgan fingerprint density at radius 3 is 2.89 bits per heavy atom. The zero-order valence-electron chi connectivity index (χ0n) is 11.9. The van der Waals surface area contributed by atoms with Gasteiger partial charge in [-0.3, -0.25) is 4.90 Å². The van der Waals surface area contributed by atoms with Crippen molar-refractivity contribution in [2.75, 3.05) is 6.54 Å². The number of imidazole rings is 1. The molecule has 2 heterocycles. The van der Waals surface area contributed by atoms with Gasteiger partial charge in [0.15, 0.2) is 0 Å². The van der Waals surface area contributed by atoms with E-state index in [1.54, 1.807) is 0 Å². The molecule has 2 rings (SSSR count). The number of hydrogen-bond donors (Lipinski definition) is 0. The van der Waals surface area contributed by atoms with E-state index < -0.39 is 0 Å². The summed E-state index contributed by atoms with van der Waals surface area (Å²) in [7, 11) is 0. The predicted molar refractivity (Wildman–Crippen MR) is 75.5 cm³/mol. The van der Waals surface area contributed by atoms with E-state index in [-0.39, 0.29) is 0 Å². The third-order valence-electron chi connectivity index (χ3n) is 4.12. The van der Waals surface area contributed by atoms with Gasteiger partial charge in [-0.25, -0.2) is 4.98 Å². The minimum atomic E-state index is 0.706. The molecule has 18 heavy (non-hydrogen) atoms. The second-order valence-corrected chi connectivity index (χ2v) is 5.56. The van der Waals surface area contributed by atoms with Crippen molar-refractivity contribution in [2.24, 2.45) is 0 Å². The maximum absolute atomic E-state index is 4.43. The minimum absolute atomic E-state index is 0.706. The molecule has 0 bridgehead atoms. The summed E-state index contributed by atoms with van der Waals surface area (Å²) in [5.74, 6) is 1.24. The first-order valence-electron chi connectivity index (χ1n) is 7.55. The Morgan fingerprint density at radius 2 is 2.06 bits per heavy atom. The molecule has 0 saturated heterocycles. The summed E-state index contributed by atoms with van der Waals surface area (Å²) in [6.07, 6.45) is 12.3. The van der Waals surface area contributed by atoms with Crippen LogP contribution in [0.1, 0.15) is 58.2 Å². The van der Waals surface area contributed by atoms with Gasteiger partial charge in [-0.05, 0) is 13.3 Å². The van der Waals surface area contributed by atoms with Crippen LogP contribution < -0.4 is 0 Å². The Bertz CT molecular complexity index is 345. The zero-order chi connectivity index (χ0) is 12.8. The lowest BCUT2D eigenvalue weighted by Crippen LogP contribution is -2.39. The molecule has 3 heteroatoms. The molecule has 0 radical (unpaired) electrons. The van der Waals surface area contributed by atoms with Crippen molar-refractivity contribution in [1.82, 2.24) is 14.5 Å². The standard InChI is InChI=1S/C15H27N3/c1-3-4-5-6-7-8-14(2)18-12-11-17-10-9-16-15(17)13-18/h9-10,14H,3-8,11-13H2,1-2H3. The molecular weight excluding hydrogens is 222 g/mol. The van der Waals surface area contributed by atoms with E-state index in [0.717, 1.165) is 13.1 Å². The fraction of sp³-hybridized carbons (Fsp3) is 0.800. The molecule has 3 nitrogen and oxygen atoms in total. The quantitative estimate of drug-likeness (QED) is 0.690. The summed E-state index contributed by atoms with van der Waals surface area (Å²) in [4.78, 5) is 7.02. The molecule has 0 aromatic carbocycles. The molecular formula is C15H27N3. The Kier molecular flexibility index (Phi) is 5.24. The number of aromatic nitrogens is 2. The molecule has 0 amide bonds. The lowest BCUT2D eigenvalue weighted by Gasteiger charge is -2.32. The van der Waals surface area contributed by atoms with Crippen LogP contribution in [0.3, 0.4) is 0 Å². The molecule has 1 aromatic rings. The second-order valence-electron chi connectivity index (χ2n) is 5.56. The fourth-order valence-corrected chi connectivity index (χ4v) is 2.79. The Morgan fingerprint density at radius 1 is 1.22 bits per heavy atom. The molecule has 0 spiro atoms. The van der Waals surface area contributed by atoms with Crippen LogP contribution in [-0.2, 0) is 13.1 Å². The molecule has 1 atom stereocenters. The van der Waals surface area contributed by atoms with Crippen molar-refractivity contribution >= 4 is 0 Å². The molecule has 1 aromatic heterocycles.